The number of hydrogen-bond acceptors (Lipinski definition) is 3. The summed E-state index contributed by atoms with van der Waals surface area (Å²) in [6, 6.07) is 3.84. The van der Waals surface area contributed by atoms with Crippen molar-refractivity contribution in [3.8, 4) is 0 Å². The summed E-state index contributed by atoms with van der Waals surface area (Å²) < 4.78 is 30.6. The Labute approximate surface area is 118 Å². The molecule has 0 spiro atoms. The van der Waals surface area contributed by atoms with Crippen molar-refractivity contribution in [3.63, 3.8) is 0 Å². The second-order valence-corrected chi connectivity index (χ2v) is 4.34. The molecule has 0 aliphatic rings. The summed E-state index contributed by atoms with van der Waals surface area (Å²) in [4.78, 5) is 22.8. The average Bonchev–Trinajstić information content (AvgIpc) is 2.38. The Hall–Kier alpha value is -1.30. The first-order chi connectivity index (χ1) is 8.99. The summed E-state index contributed by atoms with van der Waals surface area (Å²) in [5.74, 6) is -0.853. The molecule has 1 aromatic rings. The van der Waals surface area contributed by atoms with Crippen LogP contribution in [0.15, 0.2) is 18.2 Å². The van der Waals surface area contributed by atoms with Gasteiger partial charge in [-0.25, -0.2) is 13.6 Å². The van der Waals surface area contributed by atoms with Crippen molar-refractivity contribution in [1.29, 1.82) is 0 Å². The Kier molecular flexibility index (Phi) is 6.08. The van der Waals surface area contributed by atoms with Crippen molar-refractivity contribution < 1.29 is 23.1 Å². The lowest BCUT2D eigenvalue weighted by Crippen LogP contribution is -2.09. The van der Waals surface area contributed by atoms with Crippen molar-refractivity contribution in [3.05, 3.63) is 34.9 Å². The van der Waals surface area contributed by atoms with Gasteiger partial charge in [-0.1, -0.05) is 22.0 Å². The minimum absolute atomic E-state index is 0.0622. The first kappa shape index (κ1) is 15.8. The minimum atomic E-state index is -2.74. The quantitative estimate of drug-likeness (QED) is 0.592. The second kappa shape index (κ2) is 7.33. The number of carbonyl (C=O) groups is 2. The molecule has 0 aliphatic carbocycles. The van der Waals surface area contributed by atoms with Gasteiger partial charge in [-0.2, -0.15) is 0 Å². The van der Waals surface area contributed by atoms with Crippen LogP contribution in [0.25, 0.3) is 0 Å². The Bertz CT molecular complexity index is 475. The van der Waals surface area contributed by atoms with Crippen molar-refractivity contribution in [1.82, 2.24) is 0 Å². The number of hydrogen-bond donors (Lipinski definition) is 0. The molecule has 19 heavy (non-hydrogen) atoms. The van der Waals surface area contributed by atoms with Crippen LogP contribution in [0.3, 0.4) is 0 Å². The Morgan fingerprint density at radius 3 is 2.58 bits per heavy atom. The van der Waals surface area contributed by atoms with Crippen LogP contribution in [-0.2, 0) is 16.0 Å². The van der Waals surface area contributed by atoms with Crippen LogP contribution >= 0.6 is 15.9 Å². The van der Waals surface area contributed by atoms with E-state index < -0.39 is 12.4 Å². The molecule has 0 atom stereocenters. The van der Waals surface area contributed by atoms with E-state index in [2.05, 4.69) is 15.9 Å². The summed E-state index contributed by atoms with van der Waals surface area (Å²) >= 11 is 2.98. The maximum absolute atomic E-state index is 12.9. The molecule has 3 nitrogen and oxygen atoms in total. The SMILES string of the molecule is CCOC(=O)c1ccc(CC(=O)CBr)c(C(F)F)c1. The van der Waals surface area contributed by atoms with Gasteiger partial charge in [0, 0.05) is 12.0 Å². The minimum Gasteiger partial charge on any atom is -0.462 e. The first-order valence-electron chi connectivity index (χ1n) is 5.65. The van der Waals surface area contributed by atoms with E-state index in [0.29, 0.717) is 0 Å². The fourth-order valence-electron chi connectivity index (χ4n) is 1.56. The third-order valence-corrected chi connectivity index (χ3v) is 3.05. The first-order valence-corrected chi connectivity index (χ1v) is 6.77. The zero-order valence-electron chi connectivity index (χ0n) is 10.3. The molecule has 0 amide bonds. The summed E-state index contributed by atoms with van der Waals surface area (Å²) in [6.45, 7) is 1.81. The van der Waals surface area contributed by atoms with E-state index in [4.69, 9.17) is 4.74 Å². The molecule has 6 heteroatoms. The zero-order valence-corrected chi connectivity index (χ0v) is 11.9. The van der Waals surface area contributed by atoms with Gasteiger partial charge in [0.15, 0.2) is 0 Å². The highest BCUT2D eigenvalue weighted by molar-refractivity contribution is 9.09. The molecule has 0 saturated heterocycles. The highest BCUT2D eigenvalue weighted by atomic mass is 79.9. The van der Waals surface area contributed by atoms with E-state index >= 15 is 0 Å². The molecule has 0 saturated carbocycles. The van der Waals surface area contributed by atoms with Gasteiger partial charge in [0.05, 0.1) is 17.5 Å². The van der Waals surface area contributed by atoms with Crippen molar-refractivity contribution in [2.75, 3.05) is 11.9 Å². The van der Waals surface area contributed by atoms with Gasteiger partial charge >= 0.3 is 5.97 Å². The Balaban J connectivity index is 3.07. The fourth-order valence-corrected chi connectivity index (χ4v) is 1.76. The van der Waals surface area contributed by atoms with Gasteiger partial charge in [0.25, 0.3) is 6.43 Å². The van der Waals surface area contributed by atoms with Crippen molar-refractivity contribution in [2.45, 2.75) is 19.8 Å². The maximum Gasteiger partial charge on any atom is 0.338 e. The smallest absolute Gasteiger partial charge is 0.338 e. The molecule has 0 aliphatic heterocycles. The van der Waals surface area contributed by atoms with Crippen LogP contribution in [0.5, 0.6) is 0 Å². The number of esters is 1. The largest absolute Gasteiger partial charge is 0.462 e. The normalized spacial score (nSPS) is 10.6. The van der Waals surface area contributed by atoms with Crippen LogP contribution in [-0.4, -0.2) is 23.7 Å². The van der Waals surface area contributed by atoms with E-state index in [1.165, 1.54) is 12.1 Å². The Morgan fingerprint density at radius 1 is 1.37 bits per heavy atom. The molecule has 1 rings (SSSR count). The summed E-state index contributed by atoms with van der Waals surface area (Å²) in [5, 5.41) is 0.106. The number of ketones is 1. The van der Waals surface area contributed by atoms with Crippen LogP contribution in [0.1, 0.15) is 34.8 Å². The maximum atomic E-state index is 12.9. The number of benzene rings is 1. The van der Waals surface area contributed by atoms with Crippen LogP contribution in [0.2, 0.25) is 0 Å². The predicted molar refractivity (Wildman–Crippen MR) is 69.9 cm³/mol. The molecule has 0 bridgehead atoms. The van der Waals surface area contributed by atoms with Gasteiger partial charge in [-0.3, -0.25) is 4.79 Å². The number of halogens is 3. The summed E-state index contributed by atoms with van der Waals surface area (Å²) in [6.07, 6.45) is -2.83. The van der Waals surface area contributed by atoms with E-state index in [1.54, 1.807) is 6.92 Å². The molecule has 0 aromatic heterocycles. The molecule has 0 radical (unpaired) electrons. The third kappa shape index (κ3) is 4.38. The number of alkyl halides is 3. The molecule has 104 valence electrons. The highest BCUT2D eigenvalue weighted by Crippen LogP contribution is 2.25. The standard InChI is InChI=1S/C13H13BrF2O3/c1-2-19-13(18)9-4-3-8(5-10(17)7-14)11(6-9)12(15)16/h3-4,6,12H,2,5,7H2,1H3. The number of carbonyl (C=O) groups excluding carboxylic acids is 2. The molecule has 0 heterocycles. The molecule has 0 unspecified atom stereocenters. The van der Waals surface area contributed by atoms with Gasteiger partial charge in [0.2, 0.25) is 0 Å². The van der Waals surface area contributed by atoms with E-state index in [0.717, 1.165) is 6.07 Å². The van der Waals surface area contributed by atoms with Gasteiger partial charge in [-0.05, 0) is 24.6 Å². The molecule has 1 aromatic carbocycles. The van der Waals surface area contributed by atoms with Crippen LogP contribution < -0.4 is 0 Å². The molecular weight excluding hydrogens is 322 g/mol. The summed E-state index contributed by atoms with van der Waals surface area (Å²) in [7, 11) is 0. The highest BCUT2D eigenvalue weighted by Gasteiger charge is 2.18. The molecular formula is C13H13BrF2O3. The predicted octanol–water partition coefficient (Wildman–Crippen LogP) is 3.31. The molecule has 0 N–H and O–H groups in total. The van der Waals surface area contributed by atoms with Crippen molar-refractivity contribution >= 4 is 27.7 Å². The van der Waals surface area contributed by atoms with Gasteiger partial charge in [0.1, 0.15) is 5.78 Å². The fraction of sp³-hybridized carbons (Fsp3) is 0.385. The zero-order chi connectivity index (χ0) is 14.4. The lowest BCUT2D eigenvalue weighted by atomic mass is 10.00. The number of ether oxygens (including phenoxy) is 1. The topological polar surface area (TPSA) is 43.4 Å². The van der Waals surface area contributed by atoms with Crippen molar-refractivity contribution in [2.24, 2.45) is 0 Å². The van der Waals surface area contributed by atoms with E-state index in [9.17, 15) is 18.4 Å². The van der Waals surface area contributed by atoms with E-state index in [1.807, 2.05) is 0 Å². The average molecular weight is 335 g/mol. The number of rotatable bonds is 6. The van der Waals surface area contributed by atoms with Crippen LogP contribution in [0.4, 0.5) is 8.78 Å². The summed E-state index contributed by atoms with van der Waals surface area (Å²) in [5.41, 5.74) is -0.0143. The monoisotopic (exact) mass is 334 g/mol. The lowest BCUT2D eigenvalue weighted by Gasteiger charge is -2.10. The Morgan fingerprint density at radius 2 is 2.05 bits per heavy atom. The third-order valence-electron chi connectivity index (χ3n) is 2.43. The lowest BCUT2D eigenvalue weighted by molar-refractivity contribution is -0.115. The molecule has 0 fully saturated rings. The van der Waals surface area contributed by atoms with Crippen LogP contribution in [0, 0.1) is 0 Å². The number of Topliss-reactive ketones (excluding diaryl/α,β-unsaturated/α-hetero) is 1. The van der Waals surface area contributed by atoms with Gasteiger partial charge in [-0.15, -0.1) is 0 Å². The van der Waals surface area contributed by atoms with E-state index in [-0.39, 0.29) is 40.8 Å². The second-order valence-electron chi connectivity index (χ2n) is 3.78. The van der Waals surface area contributed by atoms with Gasteiger partial charge < -0.3 is 4.74 Å².